The Bertz CT molecular complexity index is 191. The van der Waals surface area contributed by atoms with Crippen LogP contribution in [0, 0.1) is 11.3 Å². The van der Waals surface area contributed by atoms with E-state index < -0.39 is 17.5 Å². The Kier molecular flexibility index (Phi) is 5.13. The van der Waals surface area contributed by atoms with E-state index in [4.69, 9.17) is 5.11 Å². The Morgan fingerprint density at radius 2 is 1.93 bits per heavy atom. The number of carboxylic acids is 1. The lowest BCUT2D eigenvalue weighted by Crippen LogP contribution is -2.39. The van der Waals surface area contributed by atoms with E-state index in [1.165, 1.54) is 0 Å². The van der Waals surface area contributed by atoms with Crippen LogP contribution in [0.5, 0.6) is 0 Å². The molecule has 14 heavy (non-hydrogen) atoms. The van der Waals surface area contributed by atoms with Crippen molar-refractivity contribution in [3.63, 3.8) is 0 Å². The molecule has 3 heteroatoms. The third-order valence-corrected chi connectivity index (χ3v) is 3.21. The standard InChI is InChI=1S/C11H22O3/c1-5-8(3)7-11(4,6-2)9(12)10(13)14/h8-9,12H,5-7H2,1-4H3,(H,13,14). The van der Waals surface area contributed by atoms with Crippen molar-refractivity contribution in [3.8, 4) is 0 Å². The lowest BCUT2D eigenvalue weighted by atomic mass is 9.74. The predicted molar refractivity (Wildman–Crippen MR) is 56.1 cm³/mol. The highest BCUT2D eigenvalue weighted by atomic mass is 16.4. The van der Waals surface area contributed by atoms with Crippen LogP contribution in [0.15, 0.2) is 0 Å². The Labute approximate surface area is 86.1 Å². The van der Waals surface area contributed by atoms with Crippen LogP contribution in [-0.2, 0) is 4.79 Å². The topological polar surface area (TPSA) is 57.5 Å². The lowest BCUT2D eigenvalue weighted by Gasteiger charge is -2.33. The Hall–Kier alpha value is -0.570. The van der Waals surface area contributed by atoms with Crippen molar-refractivity contribution >= 4 is 5.97 Å². The maximum atomic E-state index is 10.7. The predicted octanol–water partition coefficient (Wildman–Crippen LogP) is 2.28. The first-order chi connectivity index (χ1) is 6.37. The number of rotatable bonds is 6. The Morgan fingerprint density at radius 1 is 1.43 bits per heavy atom. The molecule has 0 aromatic rings. The van der Waals surface area contributed by atoms with Crippen LogP contribution in [0.4, 0.5) is 0 Å². The average Bonchev–Trinajstić information content (AvgIpc) is 2.15. The lowest BCUT2D eigenvalue weighted by molar-refractivity contribution is -0.155. The monoisotopic (exact) mass is 202 g/mol. The molecule has 0 aliphatic heterocycles. The highest BCUT2D eigenvalue weighted by Gasteiger charge is 2.36. The van der Waals surface area contributed by atoms with E-state index in [1.807, 2.05) is 13.8 Å². The van der Waals surface area contributed by atoms with Crippen molar-refractivity contribution in [3.05, 3.63) is 0 Å². The molecule has 0 spiro atoms. The zero-order valence-corrected chi connectivity index (χ0v) is 9.58. The third-order valence-electron chi connectivity index (χ3n) is 3.21. The van der Waals surface area contributed by atoms with Crippen LogP contribution < -0.4 is 0 Å². The van der Waals surface area contributed by atoms with Crippen molar-refractivity contribution in [1.29, 1.82) is 0 Å². The van der Waals surface area contributed by atoms with E-state index in [-0.39, 0.29) is 0 Å². The van der Waals surface area contributed by atoms with Crippen molar-refractivity contribution in [2.24, 2.45) is 11.3 Å². The SMILES string of the molecule is CCC(C)CC(C)(CC)C(O)C(=O)O. The molecule has 3 nitrogen and oxygen atoms in total. The van der Waals surface area contributed by atoms with Crippen LogP contribution in [0.2, 0.25) is 0 Å². The molecular weight excluding hydrogens is 180 g/mol. The highest BCUT2D eigenvalue weighted by molar-refractivity contribution is 5.73. The second-order valence-corrected chi connectivity index (χ2v) is 4.47. The van der Waals surface area contributed by atoms with Gasteiger partial charge in [0.2, 0.25) is 0 Å². The van der Waals surface area contributed by atoms with E-state index in [2.05, 4.69) is 13.8 Å². The zero-order valence-electron chi connectivity index (χ0n) is 9.58. The summed E-state index contributed by atoms with van der Waals surface area (Å²) < 4.78 is 0. The van der Waals surface area contributed by atoms with Gasteiger partial charge >= 0.3 is 5.97 Å². The maximum Gasteiger partial charge on any atom is 0.333 e. The van der Waals surface area contributed by atoms with Gasteiger partial charge in [-0.3, -0.25) is 0 Å². The molecule has 2 N–H and O–H groups in total. The minimum absolute atomic E-state index is 0.453. The van der Waals surface area contributed by atoms with Crippen LogP contribution >= 0.6 is 0 Å². The Morgan fingerprint density at radius 3 is 2.21 bits per heavy atom. The summed E-state index contributed by atoms with van der Waals surface area (Å²) in [6.45, 7) is 7.93. The first-order valence-corrected chi connectivity index (χ1v) is 5.28. The van der Waals surface area contributed by atoms with E-state index in [0.29, 0.717) is 12.3 Å². The molecule has 3 unspecified atom stereocenters. The number of aliphatic carboxylic acids is 1. The molecule has 0 bridgehead atoms. The summed E-state index contributed by atoms with van der Waals surface area (Å²) in [5.41, 5.74) is -0.499. The normalized spacial score (nSPS) is 19.8. The second kappa shape index (κ2) is 5.35. The number of aliphatic hydroxyl groups excluding tert-OH is 1. The summed E-state index contributed by atoms with van der Waals surface area (Å²) in [4.78, 5) is 10.7. The number of aliphatic hydroxyl groups is 1. The van der Waals surface area contributed by atoms with Gasteiger partial charge in [0.1, 0.15) is 0 Å². The molecule has 0 rings (SSSR count). The minimum Gasteiger partial charge on any atom is -0.479 e. The van der Waals surface area contributed by atoms with E-state index >= 15 is 0 Å². The highest BCUT2D eigenvalue weighted by Crippen LogP contribution is 2.34. The van der Waals surface area contributed by atoms with Crippen LogP contribution in [0.25, 0.3) is 0 Å². The fraction of sp³-hybridized carbons (Fsp3) is 0.909. The number of hydrogen-bond donors (Lipinski definition) is 2. The van der Waals surface area contributed by atoms with Gasteiger partial charge in [-0.05, 0) is 18.8 Å². The summed E-state index contributed by atoms with van der Waals surface area (Å²) in [5.74, 6) is -0.661. The van der Waals surface area contributed by atoms with Crippen molar-refractivity contribution in [2.75, 3.05) is 0 Å². The summed E-state index contributed by atoms with van der Waals surface area (Å²) in [5, 5.41) is 18.4. The Balaban J connectivity index is 4.53. The molecule has 0 fully saturated rings. The molecule has 0 aromatic carbocycles. The largest absolute Gasteiger partial charge is 0.479 e. The average molecular weight is 202 g/mol. The molecular formula is C11H22O3. The second-order valence-electron chi connectivity index (χ2n) is 4.47. The zero-order chi connectivity index (χ0) is 11.4. The van der Waals surface area contributed by atoms with Gasteiger partial charge in [0.15, 0.2) is 6.10 Å². The van der Waals surface area contributed by atoms with Crippen LogP contribution in [-0.4, -0.2) is 22.3 Å². The molecule has 0 heterocycles. The summed E-state index contributed by atoms with van der Waals surface area (Å²) >= 11 is 0. The van der Waals surface area contributed by atoms with Gasteiger partial charge in [-0.2, -0.15) is 0 Å². The van der Waals surface area contributed by atoms with E-state index in [0.717, 1.165) is 12.8 Å². The van der Waals surface area contributed by atoms with Crippen molar-refractivity contribution in [1.82, 2.24) is 0 Å². The van der Waals surface area contributed by atoms with Gasteiger partial charge in [-0.15, -0.1) is 0 Å². The number of carboxylic acid groups (broad SMARTS) is 1. The number of carbonyl (C=O) groups is 1. The van der Waals surface area contributed by atoms with Gasteiger partial charge in [0.05, 0.1) is 0 Å². The van der Waals surface area contributed by atoms with Gasteiger partial charge in [-0.1, -0.05) is 34.1 Å². The summed E-state index contributed by atoms with van der Waals surface area (Å²) in [6, 6.07) is 0. The van der Waals surface area contributed by atoms with Crippen molar-refractivity contribution in [2.45, 2.75) is 53.1 Å². The van der Waals surface area contributed by atoms with E-state index in [9.17, 15) is 9.90 Å². The first-order valence-electron chi connectivity index (χ1n) is 5.28. The molecule has 0 aromatic heterocycles. The minimum atomic E-state index is -1.25. The quantitative estimate of drug-likeness (QED) is 0.694. The van der Waals surface area contributed by atoms with Gasteiger partial charge < -0.3 is 10.2 Å². The first kappa shape index (κ1) is 13.4. The molecule has 0 saturated heterocycles. The fourth-order valence-electron chi connectivity index (χ4n) is 1.69. The van der Waals surface area contributed by atoms with E-state index in [1.54, 1.807) is 0 Å². The summed E-state index contributed by atoms with van der Waals surface area (Å²) in [7, 11) is 0. The van der Waals surface area contributed by atoms with Gasteiger partial charge in [0, 0.05) is 5.41 Å². The molecule has 84 valence electrons. The molecule has 0 amide bonds. The molecule has 3 atom stereocenters. The smallest absolute Gasteiger partial charge is 0.333 e. The summed E-state index contributed by atoms with van der Waals surface area (Å²) in [6.07, 6.45) is 1.21. The van der Waals surface area contributed by atoms with Crippen molar-refractivity contribution < 1.29 is 15.0 Å². The van der Waals surface area contributed by atoms with Crippen LogP contribution in [0.1, 0.15) is 47.0 Å². The number of hydrogen-bond acceptors (Lipinski definition) is 2. The molecule has 0 radical (unpaired) electrons. The maximum absolute atomic E-state index is 10.7. The van der Waals surface area contributed by atoms with Gasteiger partial charge in [0.25, 0.3) is 0 Å². The van der Waals surface area contributed by atoms with Gasteiger partial charge in [-0.25, -0.2) is 4.79 Å². The van der Waals surface area contributed by atoms with Crippen LogP contribution in [0.3, 0.4) is 0 Å². The molecule has 0 aliphatic carbocycles. The fourth-order valence-corrected chi connectivity index (χ4v) is 1.69. The third kappa shape index (κ3) is 3.29. The molecule has 0 aliphatic rings. The molecule has 0 saturated carbocycles.